The van der Waals surface area contributed by atoms with Crippen LogP contribution in [-0.4, -0.2) is 57.3 Å². The Balaban J connectivity index is 1.57. The fourth-order valence-electron chi connectivity index (χ4n) is 4.65. The van der Waals surface area contributed by atoms with E-state index >= 15 is 0 Å². The molecule has 0 saturated carbocycles. The number of morpholine rings is 1. The van der Waals surface area contributed by atoms with Crippen molar-refractivity contribution in [1.82, 2.24) is 23.9 Å². The molecule has 2 aromatic carbocycles. The molecule has 34 heavy (non-hydrogen) atoms. The molecule has 0 spiro atoms. The second-order valence-corrected chi connectivity index (χ2v) is 8.36. The zero-order valence-electron chi connectivity index (χ0n) is 19.1. The van der Waals surface area contributed by atoms with Gasteiger partial charge in [0.2, 0.25) is 0 Å². The standard InChI is InChI=1S/C25H25N7O2/c1-30-15-28-19-13-16(3-6-20(19)30)22-23(32-8-7-27-25(32)24(26)29-22)18-5-4-17(14-21(18)33-2)31-9-11-34-12-10-31/h3-8,13-15H,9-12H2,1-2H3,(H2,26,29). The second kappa shape index (κ2) is 8.03. The summed E-state index contributed by atoms with van der Waals surface area (Å²) in [6, 6.07) is 12.4. The van der Waals surface area contributed by atoms with Gasteiger partial charge in [0, 0.05) is 55.4 Å². The van der Waals surface area contributed by atoms with Crippen LogP contribution in [0.3, 0.4) is 0 Å². The number of nitrogens with zero attached hydrogens (tertiary/aromatic N) is 6. The van der Waals surface area contributed by atoms with Crippen LogP contribution in [0, 0.1) is 0 Å². The van der Waals surface area contributed by atoms with E-state index in [-0.39, 0.29) is 0 Å². The minimum absolute atomic E-state index is 0.369. The van der Waals surface area contributed by atoms with Crippen LogP contribution in [0.25, 0.3) is 39.2 Å². The summed E-state index contributed by atoms with van der Waals surface area (Å²) in [7, 11) is 3.67. The normalized spacial score (nSPS) is 14.2. The molecule has 9 heteroatoms. The molecule has 172 valence electrons. The average molecular weight is 456 g/mol. The quantitative estimate of drug-likeness (QED) is 0.444. The van der Waals surface area contributed by atoms with Crippen molar-refractivity contribution in [3.63, 3.8) is 0 Å². The summed E-state index contributed by atoms with van der Waals surface area (Å²) < 4.78 is 15.4. The van der Waals surface area contributed by atoms with Gasteiger partial charge in [0.1, 0.15) is 5.75 Å². The lowest BCUT2D eigenvalue weighted by Gasteiger charge is -2.29. The molecule has 1 saturated heterocycles. The molecule has 1 aliphatic heterocycles. The van der Waals surface area contributed by atoms with Gasteiger partial charge >= 0.3 is 0 Å². The van der Waals surface area contributed by atoms with Gasteiger partial charge in [-0.05, 0) is 24.3 Å². The molecule has 0 unspecified atom stereocenters. The van der Waals surface area contributed by atoms with E-state index in [2.05, 4.69) is 39.1 Å². The highest BCUT2D eigenvalue weighted by Gasteiger charge is 2.22. The number of benzene rings is 2. The summed E-state index contributed by atoms with van der Waals surface area (Å²) >= 11 is 0. The molecule has 0 atom stereocenters. The van der Waals surface area contributed by atoms with Crippen molar-refractivity contribution in [2.75, 3.05) is 44.0 Å². The first-order chi connectivity index (χ1) is 16.6. The van der Waals surface area contributed by atoms with E-state index in [4.69, 9.17) is 20.2 Å². The second-order valence-electron chi connectivity index (χ2n) is 8.36. The van der Waals surface area contributed by atoms with E-state index in [1.807, 2.05) is 40.7 Å². The maximum Gasteiger partial charge on any atom is 0.180 e. The van der Waals surface area contributed by atoms with Gasteiger partial charge in [0.05, 0.1) is 49.1 Å². The maximum absolute atomic E-state index is 6.33. The molecule has 0 amide bonds. The fraction of sp³-hybridized carbons (Fsp3) is 0.240. The third kappa shape index (κ3) is 3.24. The lowest BCUT2D eigenvalue weighted by molar-refractivity contribution is 0.122. The highest BCUT2D eigenvalue weighted by molar-refractivity contribution is 5.89. The molecular weight excluding hydrogens is 430 g/mol. The number of fused-ring (bicyclic) bond motifs is 2. The zero-order chi connectivity index (χ0) is 23.2. The zero-order valence-corrected chi connectivity index (χ0v) is 19.1. The smallest absolute Gasteiger partial charge is 0.180 e. The number of anilines is 2. The van der Waals surface area contributed by atoms with Gasteiger partial charge in [0.25, 0.3) is 0 Å². The average Bonchev–Trinajstić information content (AvgIpc) is 3.51. The predicted molar refractivity (Wildman–Crippen MR) is 132 cm³/mol. The fourth-order valence-corrected chi connectivity index (χ4v) is 4.65. The van der Waals surface area contributed by atoms with Crippen molar-refractivity contribution >= 4 is 28.2 Å². The van der Waals surface area contributed by atoms with E-state index in [1.165, 1.54) is 0 Å². The number of ether oxygens (including phenoxy) is 2. The van der Waals surface area contributed by atoms with Crippen LogP contribution < -0.4 is 15.4 Å². The number of hydrogen-bond acceptors (Lipinski definition) is 7. The minimum atomic E-state index is 0.369. The van der Waals surface area contributed by atoms with Gasteiger partial charge in [0.15, 0.2) is 11.5 Å². The highest BCUT2D eigenvalue weighted by atomic mass is 16.5. The van der Waals surface area contributed by atoms with E-state index < -0.39 is 0 Å². The number of methoxy groups -OCH3 is 1. The highest BCUT2D eigenvalue weighted by Crippen LogP contribution is 2.40. The van der Waals surface area contributed by atoms with Crippen LogP contribution in [0.4, 0.5) is 11.5 Å². The largest absolute Gasteiger partial charge is 0.496 e. The number of nitrogen functional groups attached to an aromatic ring is 1. The third-order valence-electron chi connectivity index (χ3n) is 6.38. The molecule has 9 nitrogen and oxygen atoms in total. The van der Waals surface area contributed by atoms with E-state index in [1.54, 1.807) is 13.3 Å². The molecule has 0 aliphatic carbocycles. The summed E-state index contributed by atoms with van der Waals surface area (Å²) in [5.41, 5.74) is 13.4. The molecule has 5 aromatic rings. The lowest BCUT2D eigenvalue weighted by atomic mass is 10.0. The van der Waals surface area contributed by atoms with Crippen LogP contribution >= 0.6 is 0 Å². The van der Waals surface area contributed by atoms with Crippen molar-refractivity contribution in [2.24, 2.45) is 7.05 Å². The first-order valence-electron chi connectivity index (χ1n) is 11.2. The van der Waals surface area contributed by atoms with E-state index in [0.717, 1.165) is 71.3 Å². The van der Waals surface area contributed by atoms with Gasteiger partial charge < -0.3 is 24.7 Å². The van der Waals surface area contributed by atoms with Crippen LogP contribution in [0.5, 0.6) is 5.75 Å². The Morgan fingerprint density at radius 2 is 1.91 bits per heavy atom. The van der Waals surface area contributed by atoms with Crippen LogP contribution in [0.2, 0.25) is 0 Å². The Hall–Kier alpha value is -4.11. The first-order valence-corrected chi connectivity index (χ1v) is 11.2. The number of hydrogen-bond donors (Lipinski definition) is 1. The molecule has 1 fully saturated rings. The van der Waals surface area contributed by atoms with Crippen molar-refractivity contribution in [3.05, 3.63) is 55.1 Å². The molecule has 2 N–H and O–H groups in total. The Morgan fingerprint density at radius 1 is 1.06 bits per heavy atom. The van der Waals surface area contributed by atoms with Crippen LogP contribution in [0.15, 0.2) is 55.1 Å². The summed E-state index contributed by atoms with van der Waals surface area (Å²) in [6.07, 6.45) is 5.45. The molecule has 6 rings (SSSR count). The van der Waals surface area contributed by atoms with Gasteiger partial charge in [-0.1, -0.05) is 6.07 Å². The molecule has 4 heterocycles. The maximum atomic E-state index is 6.33. The number of nitrogens with two attached hydrogens (primary N) is 1. The summed E-state index contributed by atoms with van der Waals surface area (Å²) in [6.45, 7) is 3.16. The number of aryl methyl sites for hydroxylation is 1. The van der Waals surface area contributed by atoms with Crippen molar-refractivity contribution in [3.8, 4) is 28.3 Å². The summed E-state index contributed by atoms with van der Waals surface area (Å²) in [4.78, 5) is 16.1. The van der Waals surface area contributed by atoms with Crippen molar-refractivity contribution < 1.29 is 9.47 Å². The van der Waals surface area contributed by atoms with Crippen LogP contribution in [-0.2, 0) is 11.8 Å². The lowest BCUT2D eigenvalue weighted by Crippen LogP contribution is -2.36. The van der Waals surface area contributed by atoms with Gasteiger partial charge in [-0.25, -0.2) is 15.0 Å². The predicted octanol–water partition coefficient (Wildman–Crippen LogP) is 3.38. The van der Waals surface area contributed by atoms with Gasteiger partial charge in [-0.3, -0.25) is 4.40 Å². The minimum Gasteiger partial charge on any atom is -0.496 e. The Labute approximate surface area is 196 Å². The molecule has 0 radical (unpaired) electrons. The Kier molecular flexibility index (Phi) is 4.84. The monoisotopic (exact) mass is 455 g/mol. The number of aromatic nitrogens is 5. The van der Waals surface area contributed by atoms with Crippen LogP contribution in [0.1, 0.15) is 0 Å². The molecule has 0 bridgehead atoms. The Bertz CT molecular complexity index is 1520. The summed E-state index contributed by atoms with van der Waals surface area (Å²) in [5, 5.41) is 0. The summed E-state index contributed by atoms with van der Waals surface area (Å²) in [5.74, 6) is 1.12. The molecular formula is C25H25N7O2. The molecule has 3 aromatic heterocycles. The molecule has 1 aliphatic rings. The van der Waals surface area contributed by atoms with E-state index in [9.17, 15) is 0 Å². The van der Waals surface area contributed by atoms with E-state index in [0.29, 0.717) is 11.5 Å². The van der Waals surface area contributed by atoms with Crippen molar-refractivity contribution in [1.29, 1.82) is 0 Å². The number of rotatable bonds is 4. The van der Waals surface area contributed by atoms with Gasteiger partial charge in [-0.15, -0.1) is 0 Å². The third-order valence-corrected chi connectivity index (χ3v) is 6.38. The van der Waals surface area contributed by atoms with Crippen molar-refractivity contribution in [2.45, 2.75) is 0 Å². The van der Waals surface area contributed by atoms with Gasteiger partial charge in [-0.2, -0.15) is 0 Å². The topological polar surface area (TPSA) is 95.7 Å². The first kappa shape index (κ1) is 20.5. The number of imidazole rings is 2. The SMILES string of the molecule is COc1cc(N2CCOCC2)ccc1-c1c(-c2ccc3c(c2)ncn3C)nc(N)c2nccn12. The Morgan fingerprint density at radius 3 is 2.74 bits per heavy atom.